The van der Waals surface area contributed by atoms with Crippen molar-refractivity contribution in [2.24, 2.45) is 5.92 Å². The highest BCUT2D eigenvalue weighted by molar-refractivity contribution is 5.77. The highest BCUT2D eigenvalue weighted by Crippen LogP contribution is 2.29. The van der Waals surface area contributed by atoms with Gasteiger partial charge >= 0.3 is 0 Å². The molecule has 1 amide bonds. The van der Waals surface area contributed by atoms with Crippen LogP contribution in [0.15, 0.2) is 30.3 Å². The fourth-order valence-corrected chi connectivity index (χ4v) is 2.33. The van der Waals surface area contributed by atoms with E-state index in [1.165, 1.54) is 0 Å². The Bertz CT molecular complexity index is 433. The lowest BCUT2D eigenvalue weighted by molar-refractivity contribution is -0.538. The van der Waals surface area contributed by atoms with Crippen molar-refractivity contribution in [1.29, 1.82) is 0 Å². The maximum atomic E-state index is 11.5. The Labute approximate surface area is 99.0 Å². The molecule has 1 saturated heterocycles. The first kappa shape index (κ1) is 11.6. The van der Waals surface area contributed by atoms with Crippen LogP contribution >= 0.6 is 0 Å². The second-order valence-corrected chi connectivity index (χ2v) is 4.41. The molecule has 3 atom stereocenters. The van der Waals surface area contributed by atoms with Gasteiger partial charge in [0, 0.05) is 17.3 Å². The first-order chi connectivity index (χ1) is 8.09. The first-order valence-corrected chi connectivity index (χ1v) is 5.57. The third-order valence-corrected chi connectivity index (χ3v) is 3.15. The average Bonchev–Trinajstić information content (AvgIpc) is 2.28. The average molecular weight is 234 g/mol. The second-order valence-electron chi connectivity index (χ2n) is 4.41. The van der Waals surface area contributed by atoms with E-state index in [1.807, 2.05) is 18.2 Å². The summed E-state index contributed by atoms with van der Waals surface area (Å²) >= 11 is 0. The number of amides is 1. The van der Waals surface area contributed by atoms with Crippen molar-refractivity contribution in [3.63, 3.8) is 0 Å². The van der Waals surface area contributed by atoms with Gasteiger partial charge in [0.15, 0.2) is 0 Å². The van der Waals surface area contributed by atoms with Crippen molar-refractivity contribution in [3.8, 4) is 0 Å². The second kappa shape index (κ2) is 4.53. The van der Waals surface area contributed by atoms with Gasteiger partial charge in [-0.25, -0.2) is 0 Å². The maximum Gasteiger partial charge on any atom is 0.240 e. The molecule has 1 fully saturated rings. The lowest BCUT2D eigenvalue weighted by atomic mass is 9.85. The molecule has 2 rings (SSSR count). The summed E-state index contributed by atoms with van der Waals surface area (Å²) < 4.78 is 0. The first-order valence-electron chi connectivity index (χ1n) is 5.57. The lowest BCUT2D eigenvalue weighted by Crippen LogP contribution is -2.49. The van der Waals surface area contributed by atoms with Crippen LogP contribution in [0.3, 0.4) is 0 Å². The number of hydrogen-bond acceptors (Lipinski definition) is 3. The molecule has 1 aromatic carbocycles. The molecule has 1 heterocycles. The summed E-state index contributed by atoms with van der Waals surface area (Å²) in [4.78, 5) is 22.3. The number of piperidine rings is 1. The Kier molecular flexibility index (Phi) is 3.08. The molecule has 3 unspecified atom stereocenters. The molecule has 5 nitrogen and oxygen atoms in total. The quantitative estimate of drug-likeness (QED) is 0.623. The van der Waals surface area contributed by atoms with E-state index in [4.69, 9.17) is 0 Å². The van der Waals surface area contributed by atoms with E-state index in [-0.39, 0.29) is 23.2 Å². The largest absolute Gasteiger partial charge is 0.343 e. The Morgan fingerprint density at radius 2 is 2.00 bits per heavy atom. The summed E-state index contributed by atoms with van der Waals surface area (Å²) in [5.74, 6) is -0.367. The Morgan fingerprint density at radius 1 is 1.35 bits per heavy atom. The lowest BCUT2D eigenvalue weighted by Gasteiger charge is -2.31. The summed E-state index contributed by atoms with van der Waals surface area (Å²) in [6.45, 7) is 1.75. The van der Waals surface area contributed by atoms with Gasteiger partial charge in [-0.1, -0.05) is 37.3 Å². The minimum atomic E-state index is -0.755. The number of rotatable bonds is 2. The van der Waals surface area contributed by atoms with Crippen molar-refractivity contribution >= 4 is 5.91 Å². The number of nitrogens with one attached hydrogen (secondary N) is 1. The van der Waals surface area contributed by atoms with Crippen LogP contribution in [0.25, 0.3) is 0 Å². The van der Waals surface area contributed by atoms with Crippen molar-refractivity contribution in [3.05, 3.63) is 46.0 Å². The molecule has 1 aliphatic heterocycles. The van der Waals surface area contributed by atoms with Gasteiger partial charge in [-0.2, -0.15) is 0 Å². The van der Waals surface area contributed by atoms with Crippen LogP contribution in [0.2, 0.25) is 0 Å². The van der Waals surface area contributed by atoms with Gasteiger partial charge in [-0.15, -0.1) is 0 Å². The predicted molar refractivity (Wildman–Crippen MR) is 61.9 cm³/mol. The molecule has 1 aliphatic rings. The van der Waals surface area contributed by atoms with Crippen LogP contribution in [-0.4, -0.2) is 16.9 Å². The summed E-state index contributed by atoms with van der Waals surface area (Å²) in [6.07, 6.45) is 0.217. The van der Waals surface area contributed by atoms with Gasteiger partial charge in [-0.05, 0) is 5.56 Å². The highest BCUT2D eigenvalue weighted by Gasteiger charge is 2.43. The number of nitro groups is 1. The molecule has 0 aromatic heterocycles. The molecule has 17 heavy (non-hydrogen) atoms. The van der Waals surface area contributed by atoms with Crippen molar-refractivity contribution < 1.29 is 9.72 Å². The van der Waals surface area contributed by atoms with Gasteiger partial charge in [-0.3, -0.25) is 14.9 Å². The zero-order valence-corrected chi connectivity index (χ0v) is 9.50. The van der Waals surface area contributed by atoms with Crippen molar-refractivity contribution in [2.75, 3.05) is 0 Å². The van der Waals surface area contributed by atoms with Crippen molar-refractivity contribution in [1.82, 2.24) is 5.32 Å². The van der Waals surface area contributed by atoms with Gasteiger partial charge in [0.2, 0.25) is 11.9 Å². The van der Waals surface area contributed by atoms with E-state index < -0.39 is 12.1 Å². The van der Waals surface area contributed by atoms with E-state index in [0.29, 0.717) is 0 Å². The monoisotopic (exact) mass is 234 g/mol. The highest BCUT2D eigenvalue weighted by atomic mass is 16.6. The molecular formula is C12H14N2O3. The molecule has 1 aromatic rings. The third kappa shape index (κ3) is 2.27. The maximum absolute atomic E-state index is 11.5. The summed E-state index contributed by atoms with van der Waals surface area (Å²) in [5.41, 5.74) is 0.786. The zero-order valence-electron chi connectivity index (χ0n) is 9.50. The zero-order chi connectivity index (χ0) is 12.4. The van der Waals surface area contributed by atoms with Crippen LogP contribution in [0.5, 0.6) is 0 Å². The van der Waals surface area contributed by atoms with Crippen molar-refractivity contribution in [2.45, 2.75) is 25.4 Å². The topological polar surface area (TPSA) is 72.2 Å². The van der Waals surface area contributed by atoms with E-state index in [1.54, 1.807) is 19.1 Å². The number of hydrogen-bond donors (Lipinski definition) is 1. The molecule has 0 bridgehead atoms. The van der Waals surface area contributed by atoms with E-state index >= 15 is 0 Å². The van der Waals surface area contributed by atoms with Crippen LogP contribution in [0.4, 0.5) is 0 Å². The minimum absolute atomic E-state index is 0.121. The fraction of sp³-hybridized carbons (Fsp3) is 0.417. The summed E-state index contributed by atoms with van der Waals surface area (Å²) in [6, 6.07) is 7.81. The molecule has 0 radical (unpaired) electrons. The van der Waals surface area contributed by atoms with Crippen LogP contribution in [-0.2, 0) is 4.79 Å². The Balaban J connectivity index is 2.34. The number of carbonyl (C=O) groups excluding carboxylic acids is 1. The summed E-state index contributed by atoms with van der Waals surface area (Å²) in [7, 11) is 0. The number of nitrogens with zero attached hydrogens (tertiary/aromatic N) is 1. The molecule has 90 valence electrons. The molecule has 0 spiro atoms. The van der Waals surface area contributed by atoms with Gasteiger partial charge < -0.3 is 5.32 Å². The van der Waals surface area contributed by atoms with E-state index in [0.717, 1.165) is 5.56 Å². The number of carbonyl (C=O) groups is 1. The molecular weight excluding hydrogens is 220 g/mol. The third-order valence-electron chi connectivity index (χ3n) is 3.15. The fourth-order valence-electron chi connectivity index (χ4n) is 2.33. The summed E-state index contributed by atoms with van der Waals surface area (Å²) in [5, 5.41) is 13.8. The van der Waals surface area contributed by atoms with E-state index in [9.17, 15) is 14.9 Å². The molecule has 5 heteroatoms. The normalized spacial score (nSPS) is 28.5. The SMILES string of the molecule is CC1CC(=O)NC(c2ccccc2)C1[N+](=O)[O-]. The standard InChI is InChI=1S/C12H14N2O3/c1-8-7-10(15)13-11(12(8)14(16)17)9-5-3-2-4-6-9/h2-6,8,11-12H,7H2,1H3,(H,13,15). The molecule has 0 saturated carbocycles. The van der Waals surface area contributed by atoms with Gasteiger partial charge in [0.05, 0.1) is 0 Å². The van der Waals surface area contributed by atoms with Crippen LogP contribution in [0.1, 0.15) is 24.9 Å². The Hall–Kier alpha value is -1.91. The van der Waals surface area contributed by atoms with Gasteiger partial charge in [0.1, 0.15) is 6.04 Å². The minimum Gasteiger partial charge on any atom is -0.343 e. The smallest absolute Gasteiger partial charge is 0.240 e. The molecule has 1 N–H and O–H groups in total. The number of benzene rings is 1. The van der Waals surface area contributed by atoms with Gasteiger partial charge in [0.25, 0.3) is 0 Å². The van der Waals surface area contributed by atoms with Crippen LogP contribution < -0.4 is 5.32 Å². The van der Waals surface area contributed by atoms with Crippen LogP contribution in [0, 0.1) is 16.0 Å². The van der Waals surface area contributed by atoms with E-state index in [2.05, 4.69) is 5.32 Å². The Morgan fingerprint density at radius 3 is 2.59 bits per heavy atom. The predicted octanol–water partition coefficient (Wildman–Crippen LogP) is 1.53. The molecule has 0 aliphatic carbocycles.